The van der Waals surface area contributed by atoms with Gasteiger partial charge in [-0.2, -0.15) is 13.2 Å². The summed E-state index contributed by atoms with van der Waals surface area (Å²) in [4.78, 5) is 32.8. The zero-order chi connectivity index (χ0) is 32.6. The number of carboxylic acid groups (broad SMARTS) is 1. The molecular formula is C30H39F4N3O7. The summed E-state index contributed by atoms with van der Waals surface area (Å²) in [5.41, 5.74) is -2.02. The standard InChI is InChI=1S/C30H39F4N3O7/c1-18-6-8-19(9-7-18)28(38)37(21(16-42-4)17-43-5)25-14-24(31)26(13-22(25)29(39)40)44-27-23(30(32,33)34)12-20(15-35-27)36(2)10-11-41-3/h12-15,18-19,21H,6-11,16-17H2,1-5H3,(H,39,40). The predicted molar refractivity (Wildman–Crippen MR) is 154 cm³/mol. The van der Waals surface area contributed by atoms with Gasteiger partial charge in [0.25, 0.3) is 0 Å². The molecule has 3 rings (SSSR count). The minimum Gasteiger partial charge on any atom is -0.478 e. The molecule has 1 fully saturated rings. The fourth-order valence-electron chi connectivity index (χ4n) is 5.17. The molecule has 0 unspecified atom stereocenters. The molecule has 1 amide bonds. The van der Waals surface area contributed by atoms with Gasteiger partial charge in [-0.1, -0.05) is 6.92 Å². The number of hydrogen-bond acceptors (Lipinski definition) is 8. The first kappa shape index (κ1) is 35.0. The molecule has 2 aromatic rings. The molecule has 44 heavy (non-hydrogen) atoms. The molecule has 14 heteroatoms. The monoisotopic (exact) mass is 629 g/mol. The summed E-state index contributed by atoms with van der Waals surface area (Å²) in [7, 11) is 5.80. The number of nitrogens with zero attached hydrogens (tertiary/aromatic N) is 3. The Bertz CT molecular complexity index is 1280. The second kappa shape index (κ2) is 15.5. The van der Waals surface area contributed by atoms with Crippen LogP contribution in [0.5, 0.6) is 11.6 Å². The van der Waals surface area contributed by atoms with E-state index in [0.29, 0.717) is 18.8 Å². The number of alkyl halides is 3. The van der Waals surface area contributed by atoms with Gasteiger partial charge in [0.1, 0.15) is 5.56 Å². The van der Waals surface area contributed by atoms with Crippen molar-refractivity contribution in [1.82, 2.24) is 4.98 Å². The van der Waals surface area contributed by atoms with Crippen molar-refractivity contribution in [2.24, 2.45) is 11.8 Å². The summed E-state index contributed by atoms with van der Waals surface area (Å²) >= 11 is 0. The summed E-state index contributed by atoms with van der Waals surface area (Å²) in [6.45, 7) is 2.51. The summed E-state index contributed by atoms with van der Waals surface area (Å²) in [5, 5.41) is 10.1. The smallest absolute Gasteiger partial charge is 0.421 e. The third-order valence-electron chi connectivity index (χ3n) is 7.65. The van der Waals surface area contributed by atoms with E-state index in [1.165, 1.54) is 31.1 Å². The molecule has 1 N–H and O–H groups in total. The van der Waals surface area contributed by atoms with E-state index in [1.54, 1.807) is 7.05 Å². The normalized spacial score (nSPS) is 17.0. The number of hydrogen-bond donors (Lipinski definition) is 1. The molecule has 1 aromatic carbocycles. The Balaban J connectivity index is 2.09. The number of rotatable bonds is 14. The van der Waals surface area contributed by atoms with E-state index < -0.39 is 58.6 Å². The topological polar surface area (TPSA) is 111 Å². The predicted octanol–water partition coefficient (Wildman–Crippen LogP) is 5.63. The molecule has 1 saturated carbocycles. The number of anilines is 2. The van der Waals surface area contributed by atoms with Crippen molar-refractivity contribution in [1.29, 1.82) is 0 Å². The molecule has 0 aliphatic heterocycles. The number of halogens is 4. The van der Waals surface area contributed by atoms with Gasteiger partial charge in [0, 0.05) is 53.0 Å². The lowest BCUT2D eigenvalue weighted by molar-refractivity contribution is -0.138. The van der Waals surface area contributed by atoms with Gasteiger partial charge >= 0.3 is 12.1 Å². The van der Waals surface area contributed by atoms with E-state index in [-0.39, 0.29) is 37.7 Å². The Morgan fingerprint density at radius 3 is 2.23 bits per heavy atom. The number of carboxylic acids is 1. The summed E-state index contributed by atoms with van der Waals surface area (Å²) in [6.07, 6.45) is -1.08. The quantitative estimate of drug-likeness (QED) is 0.266. The van der Waals surface area contributed by atoms with Crippen LogP contribution in [0.25, 0.3) is 0 Å². The van der Waals surface area contributed by atoms with Crippen molar-refractivity contribution in [3.63, 3.8) is 0 Å². The fourth-order valence-corrected chi connectivity index (χ4v) is 5.17. The van der Waals surface area contributed by atoms with Gasteiger partial charge in [-0.15, -0.1) is 0 Å². The summed E-state index contributed by atoms with van der Waals surface area (Å²) in [5.74, 6) is -4.94. The number of methoxy groups -OCH3 is 3. The van der Waals surface area contributed by atoms with Gasteiger partial charge in [-0.05, 0) is 37.7 Å². The number of aromatic nitrogens is 1. The number of aromatic carboxylic acids is 1. The van der Waals surface area contributed by atoms with Gasteiger partial charge in [0.15, 0.2) is 11.6 Å². The Hall–Kier alpha value is -3.49. The Labute approximate surface area is 253 Å². The fraction of sp³-hybridized carbons (Fsp3) is 0.567. The molecule has 0 spiro atoms. The number of carbonyl (C=O) groups is 2. The lowest BCUT2D eigenvalue weighted by atomic mass is 9.82. The average Bonchev–Trinajstić information content (AvgIpc) is 2.97. The minimum atomic E-state index is -4.93. The van der Waals surface area contributed by atoms with Gasteiger partial charge in [-0.25, -0.2) is 14.2 Å². The first-order valence-electron chi connectivity index (χ1n) is 14.1. The van der Waals surface area contributed by atoms with Crippen LogP contribution in [0.4, 0.5) is 28.9 Å². The van der Waals surface area contributed by atoms with E-state index in [2.05, 4.69) is 11.9 Å². The van der Waals surface area contributed by atoms with Crippen LogP contribution in [-0.2, 0) is 25.2 Å². The third-order valence-corrected chi connectivity index (χ3v) is 7.65. The molecule has 1 heterocycles. The summed E-state index contributed by atoms with van der Waals surface area (Å²) < 4.78 is 78.5. The van der Waals surface area contributed by atoms with E-state index >= 15 is 4.39 Å². The zero-order valence-corrected chi connectivity index (χ0v) is 25.4. The van der Waals surface area contributed by atoms with Crippen molar-refractivity contribution in [3.05, 3.63) is 41.3 Å². The SMILES string of the molecule is COCCN(C)c1cnc(Oc2cc(C(=O)O)c(N(C(=O)C3CCC(C)CC3)C(COC)COC)cc2F)c(C(F)(F)F)c1. The van der Waals surface area contributed by atoms with E-state index in [0.717, 1.165) is 37.2 Å². The molecular weight excluding hydrogens is 590 g/mol. The first-order chi connectivity index (χ1) is 20.8. The van der Waals surface area contributed by atoms with Crippen LogP contribution >= 0.6 is 0 Å². The molecule has 1 aliphatic rings. The summed E-state index contributed by atoms with van der Waals surface area (Å²) in [6, 6.07) is 1.52. The largest absolute Gasteiger partial charge is 0.478 e. The lowest BCUT2D eigenvalue weighted by Crippen LogP contribution is -2.49. The van der Waals surface area contributed by atoms with Gasteiger partial charge in [0.05, 0.1) is 49.0 Å². The van der Waals surface area contributed by atoms with Crippen LogP contribution in [0, 0.1) is 17.7 Å². The van der Waals surface area contributed by atoms with Crippen LogP contribution < -0.4 is 14.5 Å². The van der Waals surface area contributed by atoms with Crippen LogP contribution in [0.15, 0.2) is 24.4 Å². The highest BCUT2D eigenvalue weighted by Crippen LogP contribution is 2.41. The minimum absolute atomic E-state index is 0.0499. The zero-order valence-electron chi connectivity index (χ0n) is 25.4. The number of pyridine rings is 1. The number of ether oxygens (including phenoxy) is 4. The number of carbonyl (C=O) groups excluding carboxylic acids is 1. The van der Waals surface area contributed by atoms with Crippen LogP contribution in [0.1, 0.15) is 48.5 Å². The van der Waals surface area contributed by atoms with Gasteiger partial charge in [-0.3, -0.25) is 4.79 Å². The van der Waals surface area contributed by atoms with E-state index in [1.807, 2.05) is 0 Å². The van der Waals surface area contributed by atoms with Crippen molar-refractivity contribution < 1.29 is 51.2 Å². The third kappa shape index (κ3) is 8.57. The number of benzene rings is 1. The average molecular weight is 630 g/mol. The highest BCUT2D eigenvalue weighted by atomic mass is 19.4. The van der Waals surface area contributed by atoms with Crippen LogP contribution in [0.3, 0.4) is 0 Å². The maximum Gasteiger partial charge on any atom is 0.421 e. The second-order valence-electron chi connectivity index (χ2n) is 10.9. The highest BCUT2D eigenvalue weighted by molar-refractivity contribution is 6.03. The molecule has 0 atom stereocenters. The maximum atomic E-state index is 15.7. The first-order valence-corrected chi connectivity index (χ1v) is 14.1. The van der Waals surface area contributed by atoms with Gasteiger partial charge < -0.3 is 33.9 Å². The maximum absolute atomic E-state index is 15.7. The van der Waals surface area contributed by atoms with Gasteiger partial charge in [0.2, 0.25) is 11.8 Å². The molecule has 0 radical (unpaired) electrons. The van der Waals surface area contributed by atoms with E-state index in [9.17, 15) is 27.9 Å². The second-order valence-corrected chi connectivity index (χ2v) is 10.9. The molecule has 1 aromatic heterocycles. The molecule has 244 valence electrons. The molecule has 0 saturated heterocycles. The molecule has 0 bridgehead atoms. The molecule has 1 aliphatic carbocycles. The molecule has 10 nitrogen and oxygen atoms in total. The van der Waals surface area contributed by atoms with Crippen LogP contribution in [-0.4, -0.2) is 82.8 Å². The van der Waals surface area contributed by atoms with Crippen molar-refractivity contribution in [2.75, 3.05) is 64.5 Å². The van der Waals surface area contributed by atoms with E-state index in [4.69, 9.17) is 18.9 Å². The number of likely N-dealkylation sites (N-methyl/N-ethyl adjacent to an activating group) is 1. The lowest BCUT2D eigenvalue weighted by Gasteiger charge is -2.36. The Morgan fingerprint density at radius 1 is 1.05 bits per heavy atom. The Morgan fingerprint density at radius 2 is 1.68 bits per heavy atom. The van der Waals surface area contributed by atoms with Crippen molar-refractivity contribution >= 4 is 23.3 Å². The van der Waals surface area contributed by atoms with Crippen molar-refractivity contribution in [2.45, 2.75) is 44.8 Å². The highest BCUT2D eigenvalue weighted by Gasteiger charge is 2.38. The van der Waals surface area contributed by atoms with Crippen molar-refractivity contribution in [3.8, 4) is 11.6 Å². The van der Waals surface area contributed by atoms with Crippen LogP contribution in [0.2, 0.25) is 0 Å². The Kier molecular flexibility index (Phi) is 12.3. The number of amides is 1.